The van der Waals surface area contributed by atoms with Crippen molar-refractivity contribution in [2.24, 2.45) is 0 Å². The van der Waals surface area contributed by atoms with Gasteiger partial charge in [-0.3, -0.25) is 0 Å². The Kier molecular flexibility index (Phi) is 4.72. The first-order valence-electron chi connectivity index (χ1n) is 13.0. The normalized spacial score (nSPS) is 12.9. The summed E-state index contributed by atoms with van der Waals surface area (Å²) in [5.74, 6) is 0. The zero-order chi connectivity index (χ0) is 25.4. The van der Waals surface area contributed by atoms with Crippen LogP contribution in [0.1, 0.15) is 0 Å². The van der Waals surface area contributed by atoms with Crippen LogP contribution in [0.2, 0.25) is 0 Å². The average Bonchev–Trinajstić information content (AvgIpc) is 3.02. The number of benzene rings is 6. The summed E-state index contributed by atoms with van der Waals surface area (Å²) >= 11 is 0. The third-order valence-corrected chi connectivity index (χ3v) is 8.23. The zero-order valence-electron chi connectivity index (χ0n) is 22.1. The number of anilines is 4. The monoisotopic (exact) mass is 479 g/mol. The molecule has 0 atom stereocenters. The highest BCUT2D eigenvalue weighted by atomic mass is 15.1. The predicted octanol–water partition coefficient (Wildman–Crippen LogP) is 5.31. The summed E-state index contributed by atoms with van der Waals surface area (Å²) in [6.07, 6.45) is 0. The smallest absolute Gasteiger partial charge is 0.244 e. The Labute approximate surface area is 218 Å². The number of rotatable bonds is 3. The van der Waals surface area contributed by atoms with Crippen LogP contribution in [-0.4, -0.2) is 42.0 Å². The molecule has 0 radical (unpaired) electrons. The van der Waals surface area contributed by atoms with Crippen LogP contribution in [0.5, 0.6) is 0 Å². The number of hydrogen-bond donors (Lipinski definition) is 0. The molecule has 3 nitrogen and oxygen atoms in total. The van der Waals surface area contributed by atoms with Gasteiger partial charge >= 0.3 is 0 Å². The van der Waals surface area contributed by atoms with E-state index in [-0.39, 0.29) is 6.71 Å². The van der Waals surface area contributed by atoms with Crippen molar-refractivity contribution in [3.63, 3.8) is 0 Å². The second kappa shape index (κ2) is 7.91. The van der Waals surface area contributed by atoms with Gasteiger partial charge in [-0.1, -0.05) is 83.7 Å². The van der Waals surface area contributed by atoms with Crippen molar-refractivity contribution in [3.05, 3.63) is 91.0 Å². The molecule has 0 bridgehead atoms. The molecule has 0 unspecified atom stereocenters. The van der Waals surface area contributed by atoms with Crippen LogP contribution in [-0.2, 0) is 0 Å². The first-order valence-corrected chi connectivity index (χ1v) is 13.0. The van der Waals surface area contributed by atoms with Crippen LogP contribution in [0.4, 0.5) is 22.7 Å². The van der Waals surface area contributed by atoms with Gasteiger partial charge in [-0.2, -0.15) is 0 Å². The lowest BCUT2D eigenvalue weighted by Crippen LogP contribution is -2.52. The molecule has 1 aliphatic heterocycles. The Balaban J connectivity index is 1.73. The average molecular weight is 479 g/mol. The van der Waals surface area contributed by atoms with E-state index in [2.05, 4.69) is 141 Å². The molecule has 6 aromatic carbocycles. The molecule has 4 heteroatoms. The molecule has 0 spiro atoms. The zero-order valence-corrected chi connectivity index (χ0v) is 22.1. The van der Waals surface area contributed by atoms with Gasteiger partial charge in [0, 0.05) is 79.5 Å². The van der Waals surface area contributed by atoms with Crippen LogP contribution in [0, 0.1) is 0 Å². The van der Waals surface area contributed by atoms with Crippen molar-refractivity contribution >= 4 is 78.2 Å². The van der Waals surface area contributed by atoms with Crippen molar-refractivity contribution < 1.29 is 0 Å². The minimum atomic E-state index is 0.160. The lowest BCUT2D eigenvalue weighted by molar-refractivity contribution is 1.12. The maximum absolute atomic E-state index is 2.44. The van der Waals surface area contributed by atoms with Crippen molar-refractivity contribution in [1.29, 1.82) is 0 Å². The van der Waals surface area contributed by atoms with Crippen LogP contribution in [0.15, 0.2) is 91.0 Å². The van der Waals surface area contributed by atoms with E-state index in [1.807, 2.05) is 0 Å². The number of fused-ring (bicyclic) bond motifs is 1. The molecule has 0 saturated heterocycles. The van der Waals surface area contributed by atoms with E-state index >= 15 is 0 Å². The highest BCUT2D eigenvalue weighted by molar-refractivity contribution is 6.98. The minimum absolute atomic E-state index is 0.160. The van der Waals surface area contributed by atoms with Crippen molar-refractivity contribution in [2.75, 3.05) is 49.9 Å². The van der Waals surface area contributed by atoms with E-state index < -0.39 is 0 Å². The molecule has 180 valence electrons. The summed E-state index contributed by atoms with van der Waals surface area (Å²) in [7, 11) is 10.8. The SMILES string of the molecule is CN(C)c1cc(N(C)C)c2cc3c4c(ccc5ccc1c2c54)B(c1ccccc1)c1ccccc1N3C. The first-order chi connectivity index (χ1) is 18.0. The van der Waals surface area contributed by atoms with Gasteiger partial charge in [0.15, 0.2) is 0 Å². The molecular weight excluding hydrogens is 449 g/mol. The molecule has 0 amide bonds. The summed E-state index contributed by atoms with van der Waals surface area (Å²) in [4.78, 5) is 6.91. The van der Waals surface area contributed by atoms with E-state index in [1.54, 1.807) is 0 Å². The Morgan fingerprint density at radius 2 is 1.24 bits per heavy atom. The molecule has 0 aromatic heterocycles. The third-order valence-electron chi connectivity index (χ3n) is 8.23. The van der Waals surface area contributed by atoms with E-state index in [1.165, 1.54) is 71.5 Å². The van der Waals surface area contributed by atoms with E-state index in [9.17, 15) is 0 Å². The fourth-order valence-corrected chi connectivity index (χ4v) is 6.56. The van der Waals surface area contributed by atoms with Crippen molar-refractivity contribution in [3.8, 4) is 0 Å². The van der Waals surface area contributed by atoms with E-state index in [4.69, 9.17) is 0 Å². The summed E-state index contributed by atoms with van der Waals surface area (Å²) in [5, 5.41) is 8.00. The maximum Gasteiger partial charge on any atom is 0.244 e. The maximum atomic E-state index is 2.44. The molecule has 7 rings (SSSR count). The van der Waals surface area contributed by atoms with E-state index in [0.29, 0.717) is 0 Å². The fourth-order valence-electron chi connectivity index (χ4n) is 6.56. The fraction of sp³-hybridized carbons (Fsp3) is 0.152. The molecule has 1 aliphatic rings. The molecule has 0 aliphatic carbocycles. The standard InChI is InChI=1S/C33H30BN3/c1-35(2)28-20-29(36(3)4)24-19-30-33-26(18-16-21-15-17-23(28)32(24)31(21)33)34(22-11-7-6-8-12-22)25-13-9-10-14-27(25)37(30)5/h6-20H,1-5H3. The highest BCUT2D eigenvalue weighted by Crippen LogP contribution is 2.47. The largest absolute Gasteiger partial charge is 0.377 e. The molecular formula is C33H30BN3. The van der Waals surface area contributed by atoms with Gasteiger partial charge in [0.25, 0.3) is 0 Å². The van der Waals surface area contributed by atoms with Gasteiger partial charge in [-0.25, -0.2) is 0 Å². The van der Waals surface area contributed by atoms with Crippen molar-refractivity contribution in [1.82, 2.24) is 0 Å². The molecule has 37 heavy (non-hydrogen) atoms. The van der Waals surface area contributed by atoms with Crippen LogP contribution in [0.3, 0.4) is 0 Å². The van der Waals surface area contributed by atoms with Gasteiger partial charge < -0.3 is 14.7 Å². The number of hydrogen-bond acceptors (Lipinski definition) is 3. The number of nitrogens with zero attached hydrogens (tertiary/aromatic N) is 3. The lowest BCUT2D eigenvalue weighted by Gasteiger charge is -2.28. The summed E-state index contributed by atoms with van der Waals surface area (Å²) in [5.41, 5.74) is 9.09. The van der Waals surface area contributed by atoms with Crippen LogP contribution < -0.4 is 31.1 Å². The summed E-state index contributed by atoms with van der Waals surface area (Å²) in [6.45, 7) is 0.160. The minimum Gasteiger partial charge on any atom is -0.377 e. The second-order valence-electron chi connectivity index (χ2n) is 10.7. The molecule has 6 aromatic rings. The Morgan fingerprint density at radius 1 is 0.568 bits per heavy atom. The number of para-hydroxylation sites is 1. The Hall–Kier alpha value is -4.18. The quantitative estimate of drug-likeness (QED) is 0.252. The van der Waals surface area contributed by atoms with Crippen LogP contribution >= 0.6 is 0 Å². The van der Waals surface area contributed by atoms with E-state index in [0.717, 1.165) is 0 Å². The van der Waals surface area contributed by atoms with Gasteiger partial charge in [-0.15, -0.1) is 0 Å². The summed E-state index contributed by atoms with van der Waals surface area (Å²) < 4.78 is 0. The lowest BCUT2D eigenvalue weighted by atomic mass is 9.36. The highest BCUT2D eigenvalue weighted by Gasteiger charge is 2.33. The summed E-state index contributed by atoms with van der Waals surface area (Å²) in [6, 6.07) is 34.0. The van der Waals surface area contributed by atoms with Gasteiger partial charge in [0.2, 0.25) is 6.71 Å². The van der Waals surface area contributed by atoms with Crippen molar-refractivity contribution in [2.45, 2.75) is 0 Å². The second-order valence-corrected chi connectivity index (χ2v) is 10.7. The Morgan fingerprint density at radius 3 is 2.00 bits per heavy atom. The van der Waals surface area contributed by atoms with Crippen LogP contribution in [0.25, 0.3) is 32.3 Å². The van der Waals surface area contributed by atoms with Gasteiger partial charge in [0.05, 0.1) is 0 Å². The predicted molar refractivity (Wildman–Crippen MR) is 164 cm³/mol. The molecule has 0 fully saturated rings. The molecule has 0 N–H and O–H groups in total. The first kappa shape index (κ1) is 22.1. The Bertz CT molecular complexity index is 1810. The van der Waals surface area contributed by atoms with Gasteiger partial charge in [-0.05, 0) is 34.4 Å². The topological polar surface area (TPSA) is 9.72 Å². The third kappa shape index (κ3) is 3.02. The molecule has 1 heterocycles. The molecule has 0 saturated carbocycles. The van der Waals surface area contributed by atoms with Gasteiger partial charge in [0.1, 0.15) is 0 Å².